The SMILES string of the molecule is CNC(=O)CSc1cc(O)n(-c2ccc(CCC(=O)NNC(C=O)[C@]3(O)Cc4c(O)c5c(c(O)c4[C@@H](OC4CC(N)C(O)C(C)O4)C3)C(=O)c3c(OC)cccc3C5=O)cc2)c1O. The molecule has 2 heterocycles. The number of aryl methyl sites for hydroxylation is 1. The van der Waals surface area contributed by atoms with E-state index in [-0.39, 0.29) is 70.7 Å². The maximum absolute atomic E-state index is 14.0. The summed E-state index contributed by atoms with van der Waals surface area (Å²) in [6.07, 6.45) is -5.02. The van der Waals surface area contributed by atoms with Crippen LogP contribution in [0.25, 0.3) is 5.69 Å². The minimum absolute atomic E-state index is 0.0317. The van der Waals surface area contributed by atoms with Crippen molar-refractivity contribution in [2.24, 2.45) is 5.73 Å². The molecule has 1 aliphatic heterocycles. The number of aliphatic hydroxyl groups is 2. The van der Waals surface area contributed by atoms with Gasteiger partial charge in [-0.05, 0) is 37.1 Å². The van der Waals surface area contributed by atoms with Crippen molar-refractivity contribution in [2.75, 3.05) is 19.9 Å². The van der Waals surface area contributed by atoms with Crippen molar-refractivity contribution in [1.82, 2.24) is 20.7 Å². The van der Waals surface area contributed by atoms with E-state index in [0.717, 1.165) is 11.8 Å². The van der Waals surface area contributed by atoms with E-state index in [4.69, 9.17) is 19.9 Å². The molecule has 63 heavy (non-hydrogen) atoms. The van der Waals surface area contributed by atoms with Crippen LogP contribution in [-0.2, 0) is 36.7 Å². The summed E-state index contributed by atoms with van der Waals surface area (Å²) >= 11 is 1.05. The number of carbonyl (C=O) groups excluding carboxylic acids is 5. The average Bonchev–Trinajstić information content (AvgIpc) is 3.55. The third-order valence-corrected chi connectivity index (χ3v) is 12.7. The molecule has 1 fully saturated rings. The molecule has 11 N–H and O–H groups in total. The number of nitrogens with one attached hydrogen (secondary N) is 3. The normalized spacial score (nSPS) is 23.2. The summed E-state index contributed by atoms with van der Waals surface area (Å²) in [6, 6.07) is 9.90. The van der Waals surface area contributed by atoms with Crippen molar-refractivity contribution in [3.8, 4) is 34.7 Å². The third kappa shape index (κ3) is 8.45. The number of phenolic OH excluding ortho intramolecular Hbond substituents is 2. The van der Waals surface area contributed by atoms with Crippen molar-refractivity contribution in [3.63, 3.8) is 0 Å². The zero-order valence-electron chi connectivity index (χ0n) is 34.3. The lowest BCUT2D eigenvalue weighted by molar-refractivity contribution is -0.248. The number of amides is 2. The van der Waals surface area contributed by atoms with Crippen LogP contribution >= 0.6 is 11.8 Å². The second-order valence-electron chi connectivity index (χ2n) is 15.6. The number of phenols is 2. The maximum atomic E-state index is 14.0. The number of methoxy groups -OCH3 is 1. The molecule has 3 aromatic carbocycles. The Labute approximate surface area is 364 Å². The first kappa shape index (κ1) is 45.0. The van der Waals surface area contributed by atoms with Crippen LogP contribution in [0.3, 0.4) is 0 Å². The first-order valence-electron chi connectivity index (χ1n) is 19.9. The molecule has 19 nitrogen and oxygen atoms in total. The average molecular weight is 890 g/mol. The van der Waals surface area contributed by atoms with Gasteiger partial charge in [0.1, 0.15) is 29.6 Å². The number of thioether (sulfide) groups is 1. The van der Waals surface area contributed by atoms with Crippen molar-refractivity contribution in [3.05, 3.63) is 87.5 Å². The Morgan fingerprint density at radius 1 is 1.05 bits per heavy atom. The number of hydrazine groups is 1. The highest BCUT2D eigenvalue weighted by Crippen LogP contribution is 2.53. The summed E-state index contributed by atoms with van der Waals surface area (Å²) in [6.45, 7) is 1.57. The number of rotatable bonds is 14. The summed E-state index contributed by atoms with van der Waals surface area (Å²) in [5.41, 5.74) is 8.51. The highest BCUT2D eigenvalue weighted by Gasteiger charge is 2.50. The van der Waals surface area contributed by atoms with Gasteiger partial charge in [0.15, 0.2) is 18.0 Å². The van der Waals surface area contributed by atoms with Crippen LogP contribution in [0, 0.1) is 0 Å². The highest BCUT2D eigenvalue weighted by molar-refractivity contribution is 8.00. The topological polar surface area (TPSA) is 301 Å². The van der Waals surface area contributed by atoms with E-state index < -0.39 is 95.2 Å². The number of fused-ring (bicyclic) bond motifs is 3. The van der Waals surface area contributed by atoms with Gasteiger partial charge in [0.2, 0.25) is 23.5 Å². The number of aromatic nitrogens is 1. The largest absolute Gasteiger partial charge is 0.507 e. The first-order chi connectivity index (χ1) is 30.0. The van der Waals surface area contributed by atoms with Crippen LogP contribution in [0.15, 0.2) is 53.4 Å². The molecule has 7 atom stereocenters. The molecule has 0 spiro atoms. The van der Waals surface area contributed by atoms with E-state index in [9.17, 15) is 54.6 Å². The van der Waals surface area contributed by atoms with E-state index in [1.54, 1.807) is 31.2 Å². The van der Waals surface area contributed by atoms with Crippen LogP contribution in [0.5, 0.6) is 29.0 Å². The number of hydrogen-bond donors (Lipinski definition) is 10. The smallest absolute Gasteiger partial charge is 0.234 e. The number of hydrogen-bond acceptors (Lipinski definition) is 17. The van der Waals surface area contributed by atoms with Gasteiger partial charge in [0.05, 0.1) is 64.0 Å². The maximum Gasteiger partial charge on any atom is 0.234 e. The standard InChI is InChI=1S/C43H47N5O14S/c1-19-37(53)24(44)13-32(61-19)62-26-16-43(59,15-23-34(26)41(57)36-35(39(23)55)38(54)22-5-4-6-25(60-3)33(22)40(36)56)28(17-49)46-47-29(50)12-9-20-7-10-21(11-8-20)48-31(52)14-27(42(48)58)63-18-30(51)45-2/h4-8,10-11,14,17,19,24,26,28,32,37,46,52-53,55,57-59H,9,12-13,15-16,18,44H2,1-3H3,(H,45,51)(H,47,50)/t19?,24?,26-,28?,32?,37?,43-/m0/s1. The molecule has 20 heteroatoms. The van der Waals surface area contributed by atoms with Gasteiger partial charge < -0.3 is 60.7 Å². The lowest BCUT2D eigenvalue weighted by atomic mass is 9.71. The van der Waals surface area contributed by atoms with Crippen molar-refractivity contribution >= 4 is 41.4 Å². The second-order valence-corrected chi connectivity index (χ2v) is 16.6. The Bertz CT molecular complexity index is 2460. The van der Waals surface area contributed by atoms with Crippen molar-refractivity contribution in [2.45, 2.75) is 86.2 Å². The minimum atomic E-state index is -2.18. The van der Waals surface area contributed by atoms with Gasteiger partial charge in [0.25, 0.3) is 0 Å². The van der Waals surface area contributed by atoms with Crippen LogP contribution in [0.2, 0.25) is 0 Å². The number of ether oxygens (including phenoxy) is 3. The summed E-state index contributed by atoms with van der Waals surface area (Å²) in [5, 5.41) is 70.1. The molecule has 5 unspecified atom stereocenters. The quantitative estimate of drug-likeness (QED) is 0.0325. The molecule has 2 aliphatic carbocycles. The van der Waals surface area contributed by atoms with Crippen LogP contribution in [0.4, 0.5) is 0 Å². The highest BCUT2D eigenvalue weighted by atomic mass is 32.2. The number of aliphatic hydroxyl groups excluding tert-OH is 1. The molecular weight excluding hydrogens is 843 g/mol. The summed E-state index contributed by atoms with van der Waals surface area (Å²) in [7, 11) is 2.80. The number of ketones is 2. The number of benzene rings is 3. The summed E-state index contributed by atoms with van der Waals surface area (Å²) < 4.78 is 18.7. The van der Waals surface area contributed by atoms with Crippen molar-refractivity contribution in [1.29, 1.82) is 0 Å². The van der Waals surface area contributed by atoms with Gasteiger partial charge >= 0.3 is 0 Å². The van der Waals surface area contributed by atoms with E-state index in [0.29, 0.717) is 22.4 Å². The Balaban J connectivity index is 1.10. The fraction of sp³-hybridized carbons (Fsp3) is 0.372. The Morgan fingerprint density at radius 2 is 1.76 bits per heavy atom. The third-order valence-electron chi connectivity index (χ3n) is 11.6. The lowest BCUT2D eigenvalue weighted by Gasteiger charge is -2.44. The number of aromatic hydroxyl groups is 4. The predicted octanol–water partition coefficient (Wildman–Crippen LogP) is 1.30. The Morgan fingerprint density at radius 3 is 2.43 bits per heavy atom. The lowest BCUT2D eigenvalue weighted by Crippen LogP contribution is -2.60. The van der Waals surface area contributed by atoms with Crippen LogP contribution in [-0.4, -0.2) is 121 Å². The van der Waals surface area contributed by atoms with Crippen molar-refractivity contribution < 1.29 is 68.8 Å². The first-order valence-corrected chi connectivity index (χ1v) is 20.9. The fourth-order valence-corrected chi connectivity index (χ4v) is 9.12. The fourth-order valence-electron chi connectivity index (χ4n) is 8.28. The van der Waals surface area contributed by atoms with Crippen LogP contribution < -0.4 is 26.6 Å². The zero-order chi connectivity index (χ0) is 45.5. The Kier molecular flexibility index (Phi) is 12.9. The molecule has 1 saturated heterocycles. The van der Waals surface area contributed by atoms with Gasteiger partial charge in [0, 0.05) is 61.5 Å². The molecule has 1 aromatic heterocycles. The number of nitrogens with two attached hydrogens (primary N) is 1. The molecular formula is C43H47N5O14S. The number of carbonyl (C=O) groups is 5. The molecule has 2 amide bonds. The van der Waals surface area contributed by atoms with E-state index in [2.05, 4.69) is 16.2 Å². The van der Waals surface area contributed by atoms with E-state index in [1.807, 2.05) is 0 Å². The summed E-state index contributed by atoms with van der Waals surface area (Å²) in [5.74, 6) is -4.30. The second kappa shape index (κ2) is 18.0. The van der Waals surface area contributed by atoms with Gasteiger partial charge in [-0.3, -0.25) is 29.2 Å². The number of aldehydes is 1. The van der Waals surface area contributed by atoms with Crippen LogP contribution in [0.1, 0.15) is 80.8 Å². The van der Waals surface area contributed by atoms with E-state index >= 15 is 0 Å². The van der Waals surface area contributed by atoms with Gasteiger partial charge in [-0.15, -0.1) is 11.8 Å². The molecule has 334 valence electrons. The monoisotopic (exact) mass is 889 g/mol. The van der Waals surface area contributed by atoms with Gasteiger partial charge in [-0.1, -0.05) is 24.3 Å². The molecule has 0 bridgehead atoms. The minimum Gasteiger partial charge on any atom is -0.507 e. The van der Waals surface area contributed by atoms with E-state index in [1.165, 1.54) is 43.0 Å². The molecule has 3 aliphatic rings. The molecule has 4 aromatic rings. The zero-order valence-corrected chi connectivity index (χ0v) is 35.1. The number of nitrogens with zero attached hydrogens (tertiary/aromatic N) is 1. The predicted molar refractivity (Wildman–Crippen MR) is 223 cm³/mol. The summed E-state index contributed by atoms with van der Waals surface area (Å²) in [4.78, 5) is 65.8. The van der Waals surface area contributed by atoms with Gasteiger partial charge in [-0.25, -0.2) is 5.43 Å². The molecule has 7 rings (SSSR count). The molecule has 0 saturated carbocycles. The molecule has 0 radical (unpaired) electrons. The Hall–Kier alpha value is -6.00. The van der Waals surface area contributed by atoms with Gasteiger partial charge in [-0.2, -0.15) is 0 Å².